The smallest absolute Gasteiger partial charge is 0.507 e. The number of rotatable bonds is 1. The lowest BCUT2D eigenvalue weighted by Gasteiger charge is -2.08. The van der Waals surface area contributed by atoms with Crippen molar-refractivity contribution in [3.8, 4) is 11.5 Å². The van der Waals surface area contributed by atoms with Crippen molar-refractivity contribution in [1.29, 1.82) is 0 Å². The van der Waals surface area contributed by atoms with Crippen LogP contribution < -0.4 is 10.4 Å². The summed E-state index contributed by atoms with van der Waals surface area (Å²) in [6.45, 7) is 1.54. The van der Waals surface area contributed by atoms with Crippen molar-refractivity contribution in [2.24, 2.45) is 0 Å². The summed E-state index contributed by atoms with van der Waals surface area (Å²) in [4.78, 5) is 22.7. The van der Waals surface area contributed by atoms with Crippen LogP contribution in [0.25, 0.3) is 11.0 Å². The fourth-order valence-corrected chi connectivity index (χ4v) is 1.64. The van der Waals surface area contributed by atoms with Crippen LogP contribution in [0.15, 0.2) is 27.4 Å². The molecule has 0 aliphatic rings. The van der Waals surface area contributed by atoms with E-state index in [1.54, 1.807) is 6.07 Å². The van der Waals surface area contributed by atoms with E-state index >= 15 is 0 Å². The number of hydrogen-bond donors (Lipinski definition) is 1. The van der Waals surface area contributed by atoms with E-state index in [1.165, 1.54) is 19.1 Å². The van der Waals surface area contributed by atoms with Gasteiger partial charge in [0, 0.05) is 5.56 Å². The van der Waals surface area contributed by atoms with Crippen LogP contribution in [-0.4, -0.2) is 18.4 Å². The van der Waals surface area contributed by atoms with Gasteiger partial charge in [0.05, 0.1) is 12.5 Å². The minimum atomic E-state index is -1.03. The summed E-state index contributed by atoms with van der Waals surface area (Å²) in [6.07, 6.45) is -1.03. The zero-order valence-electron chi connectivity index (χ0n) is 9.72. The predicted octanol–water partition coefficient (Wildman–Crippen LogP) is 1.95. The molecule has 1 N–H and O–H groups in total. The Balaban J connectivity index is 2.72. The Bertz CT molecular complexity index is 670. The van der Waals surface area contributed by atoms with Crippen LogP contribution in [0.1, 0.15) is 5.56 Å². The number of fused-ring (bicyclic) bond motifs is 1. The molecule has 18 heavy (non-hydrogen) atoms. The number of aromatic hydroxyl groups is 1. The first-order chi connectivity index (χ1) is 8.54. The van der Waals surface area contributed by atoms with Crippen molar-refractivity contribution in [2.45, 2.75) is 6.92 Å². The van der Waals surface area contributed by atoms with Crippen molar-refractivity contribution >= 4 is 17.1 Å². The Morgan fingerprint density at radius 3 is 2.78 bits per heavy atom. The summed E-state index contributed by atoms with van der Waals surface area (Å²) < 4.78 is 14.0. The van der Waals surface area contributed by atoms with Gasteiger partial charge in [-0.1, -0.05) is 6.07 Å². The standard InChI is InChI=1S/C12H10O6/c1-6-9-7(13)4-3-5-8(9)17-11(14)10(6)18-12(15)16-2/h3-5,13H,1-2H3. The maximum atomic E-state index is 11.6. The van der Waals surface area contributed by atoms with Crippen molar-refractivity contribution in [3.05, 3.63) is 34.2 Å². The highest BCUT2D eigenvalue weighted by atomic mass is 16.7. The van der Waals surface area contributed by atoms with Gasteiger partial charge in [-0.15, -0.1) is 0 Å². The highest BCUT2D eigenvalue weighted by molar-refractivity contribution is 5.88. The van der Waals surface area contributed by atoms with E-state index in [2.05, 4.69) is 4.74 Å². The number of phenols is 1. The largest absolute Gasteiger partial charge is 0.513 e. The Labute approximate surface area is 101 Å². The molecule has 6 heteroatoms. The Morgan fingerprint density at radius 2 is 2.11 bits per heavy atom. The van der Waals surface area contributed by atoms with Crippen LogP contribution >= 0.6 is 0 Å². The zero-order chi connectivity index (χ0) is 13.3. The average molecular weight is 250 g/mol. The first-order valence-electron chi connectivity index (χ1n) is 5.05. The van der Waals surface area contributed by atoms with Crippen LogP contribution in [-0.2, 0) is 4.74 Å². The normalized spacial score (nSPS) is 10.3. The van der Waals surface area contributed by atoms with Crippen molar-refractivity contribution in [1.82, 2.24) is 0 Å². The third-order valence-corrected chi connectivity index (χ3v) is 2.46. The summed E-state index contributed by atoms with van der Waals surface area (Å²) in [5, 5.41) is 10.0. The minimum Gasteiger partial charge on any atom is -0.507 e. The van der Waals surface area contributed by atoms with Crippen molar-refractivity contribution < 1.29 is 23.8 Å². The number of phenolic OH excluding ortho intramolecular Hbond substituents is 1. The predicted molar refractivity (Wildman–Crippen MR) is 61.9 cm³/mol. The first kappa shape index (κ1) is 12.0. The lowest BCUT2D eigenvalue weighted by Crippen LogP contribution is -2.15. The molecule has 0 aliphatic heterocycles. The van der Waals surface area contributed by atoms with Gasteiger partial charge in [0.2, 0.25) is 5.75 Å². The van der Waals surface area contributed by atoms with Gasteiger partial charge in [-0.05, 0) is 19.1 Å². The molecule has 0 saturated heterocycles. The van der Waals surface area contributed by atoms with Crippen LogP contribution in [0.2, 0.25) is 0 Å². The Morgan fingerprint density at radius 1 is 1.39 bits per heavy atom. The second-order valence-corrected chi connectivity index (χ2v) is 3.55. The van der Waals surface area contributed by atoms with Crippen LogP contribution in [0.5, 0.6) is 11.5 Å². The van der Waals surface area contributed by atoms with Crippen LogP contribution in [0.4, 0.5) is 4.79 Å². The molecule has 1 heterocycles. The molecule has 0 radical (unpaired) electrons. The number of benzene rings is 1. The molecule has 2 rings (SSSR count). The fourth-order valence-electron chi connectivity index (χ4n) is 1.64. The van der Waals surface area contributed by atoms with E-state index in [4.69, 9.17) is 9.15 Å². The van der Waals surface area contributed by atoms with E-state index in [0.717, 1.165) is 7.11 Å². The summed E-state index contributed by atoms with van der Waals surface area (Å²) >= 11 is 0. The van der Waals surface area contributed by atoms with Crippen LogP contribution in [0.3, 0.4) is 0 Å². The number of methoxy groups -OCH3 is 1. The van der Waals surface area contributed by atoms with E-state index in [0.29, 0.717) is 10.9 Å². The molecule has 0 atom stereocenters. The molecule has 0 fully saturated rings. The summed E-state index contributed by atoms with van der Waals surface area (Å²) in [5.74, 6) is -0.362. The number of aryl methyl sites for hydroxylation is 1. The molecule has 6 nitrogen and oxygen atoms in total. The Kier molecular flexibility index (Phi) is 2.93. The molecule has 0 aliphatic carbocycles. The minimum absolute atomic E-state index is 0.0662. The topological polar surface area (TPSA) is 86.0 Å². The third-order valence-electron chi connectivity index (χ3n) is 2.46. The van der Waals surface area contributed by atoms with E-state index in [-0.39, 0.29) is 17.1 Å². The molecular weight excluding hydrogens is 240 g/mol. The average Bonchev–Trinajstić information content (AvgIpc) is 2.33. The maximum absolute atomic E-state index is 11.6. The first-order valence-corrected chi connectivity index (χ1v) is 5.05. The number of ether oxygens (including phenoxy) is 2. The van der Waals surface area contributed by atoms with E-state index in [9.17, 15) is 14.7 Å². The zero-order valence-corrected chi connectivity index (χ0v) is 9.72. The Hall–Kier alpha value is -2.50. The molecule has 0 unspecified atom stereocenters. The molecule has 0 spiro atoms. The second kappa shape index (κ2) is 4.40. The lowest BCUT2D eigenvalue weighted by molar-refractivity contribution is 0.119. The summed E-state index contributed by atoms with van der Waals surface area (Å²) in [5.41, 5.74) is -0.282. The SMILES string of the molecule is COC(=O)Oc1c(C)c2c(O)cccc2oc1=O. The quantitative estimate of drug-likeness (QED) is 0.615. The second-order valence-electron chi connectivity index (χ2n) is 3.55. The number of carbonyl (C=O) groups excluding carboxylic acids is 1. The van der Waals surface area contributed by atoms with E-state index < -0.39 is 11.8 Å². The number of hydrogen-bond acceptors (Lipinski definition) is 6. The van der Waals surface area contributed by atoms with Gasteiger partial charge < -0.3 is 19.0 Å². The molecule has 0 amide bonds. The van der Waals surface area contributed by atoms with Gasteiger partial charge in [-0.3, -0.25) is 0 Å². The molecule has 1 aromatic carbocycles. The molecular formula is C12H10O6. The maximum Gasteiger partial charge on any atom is 0.513 e. The fraction of sp³-hybridized carbons (Fsp3) is 0.167. The molecule has 1 aromatic heterocycles. The molecule has 0 bridgehead atoms. The van der Waals surface area contributed by atoms with Gasteiger partial charge >= 0.3 is 11.8 Å². The third kappa shape index (κ3) is 1.88. The van der Waals surface area contributed by atoms with Gasteiger partial charge in [0.25, 0.3) is 0 Å². The van der Waals surface area contributed by atoms with Gasteiger partial charge in [0.15, 0.2) is 0 Å². The monoisotopic (exact) mass is 250 g/mol. The molecule has 94 valence electrons. The highest BCUT2D eigenvalue weighted by Crippen LogP contribution is 2.30. The van der Waals surface area contributed by atoms with Gasteiger partial charge in [0.1, 0.15) is 11.3 Å². The molecule has 2 aromatic rings. The lowest BCUT2D eigenvalue weighted by atomic mass is 10.1. The van der Waals surface area contributed by atoms with Crippen LogP contribution in [0, 0.1) is 6.92 Å². The van der Waals surface area contributed by atoms with Crippen molar-refractivity contribution in [2.75, 3.05) is 7.11 Å². The molecule has 0 saturated carbocycles. The highest BCUT2D eigenvalue weighted by Gasteiger charge is 2.18. The summed E-state index contributed by atoms with van der Waals surface area (Å²) in [6, 6.07) is 4.52. The van der Waals surface area contributed by atoms with Gasteiger partial charge in [-0.2, -0.15) is 0 Å². The van der Waals surface area contributed by atoms with E-state index in [1.807, 2.05) is 0 Å². The number of carbonyl (C=O) groups is 1. The summed E-state index contributed by atoms with van der Waals surface area (Å²) in [7, 11) is 1.12. The van der Waals surface area contributed by atoms with Gasteiger partial charge in [-0.25, -0.2) is 9.59 Å². The van der Waals surface area contributed by atoms with Crippen molar-refractivity contribution in [3.63, 3.8) is 0 Å².